The van der Waals surface area contributed by atoms with Gasteiger partial charge in [0.25, 0.3) is 5.78 Å². The van der Waals surface area contributed by atoms with Gasteiger partial charge in [-0.1, -0.05) is 36.8 Å². The number of fused-ring (bicyclic) bond motifs is 1. The molecule has 0 spiro atoms. The van der Waals surface area contributed by atoms with Crippen LogP contribution in [-0.2, 0) is 9.59 Å². The first-order valence-corrected chi connectivity index (χ1v) is 12.5. The predicted octanol–water partition coefficient (Wildman–Crippen LogP) is 6.38. The molecule has 1 N–H and O–H groups in total. The second kappa shape index (κ2) is 10.1. The largest absolute Gasteiger partial charge is 0.507 e. The van der Waals surface area contributed by atoms with Crippen molar-refractivity contribution in [1.29, 1.82) is 0 Å². The molecule has 9 heteroatoms. The predicted molar refractivity (Wildman–Crippen MR) is 138 cm³/mol. The minimum atomic E-state index is -1.04. The number of carbonyl (C=O) groups is 2. The third-order valence-electron chi connectivity index (χ3n) is 6.05. The van der Waals surface area contributed by atoms with Crippen LogP contribution in [0.1, 0.15) is 36.9 Å². The van der Waals surface area contributed by atoms with Crippen molar-refractivity contribution in [3.05, 3.63) is 95.1 Å². The molecule has 0 radical (unpaired) electrons. The first kappa shape index (κ1) is 24.6. The van der Waals surface area contributed by atoms with Crippen molar-refractivity contribution in [2.45, 2.75) is 25.8 Å². The van der Waals surface area contributed by atoms with Gasteiger partial charge in [-0.25, -0.2) is 13.8 Å². The summed E-state index contributed by atoms with van der Waals surface area (Å²) in [6, 6.07) is 15.0. The van der Waals surface area contributed by atoms with E-state index in [1.165, 1.54) is 35.2 Å². The Balaban J connectivity index is 1.67. The SMILES string of the molecule is CCCCOc1cccc(C2/C(=C(\O)c3ccc(F)cc3)C(=O)C(=O)N2c2nc3ccc(F)cc3s2)c1. The number of unbranched alkanes of at least 4 members (excludes halogenated alkanes) is 1. The van der Waals surface area contributed by atoms with Gasteiger partial charge in [-0.3, -0.25) is 14.5 Å². The summed E-state index contributed by atoms with van der Waals surface area (Å²) in [5.74, 6) is -2.64. The average molecular weight is 521 g/mol. The number of thiazole rings is 1. The first-order valence-electron chi connectivity index (χ1n) is 11.7. The minimum Gasteiger partial charge on any atom is -0.507 e. The summed E-state index contributed by atoms with van der Waals surface area (Å²) in [5.41, 5.74) is 1.01. The summed E-state index contributed by atoms with van der Waals surface area (Å²) in [7, 11) is 0. The van der Waals surface area contributed by atoms with Gasteiger partial charge in [0.15, 0.2) is 5.13 Å². The number of nitrogens with zero attached hydrogens (tertiary/aromatic N) is 2. The Bertz CT molecular complexity index is 1530. The van der Waals surface area contributed by atoms with E-state index in [1.54, 1.807) is 24.3 Å². The van der Waals surface area contributed by atoms with Crippen molar-refractivity contribution in [3.8, 4) is 5.75 Å². The lowest BCUT2D eigenvalue weighted by Crippen LogP contribution is -2.29. The van der Waals surface area contributed by atoms with E-state index in [2.05, 4.69) is 4.98 Å². The lowest BCUT2D eigenvalue weighted by atomic mass is 9.95. The van der Waals surface area contributed by atoms with E-state index in [4.69, 9.17) is 4.74 Å². The van der Waals surface area contributed by atoms with Crippen LogP contribution < -0.4 is 9.64 Å². The molecule has 37 heavy (non-hydrogen) atoms. The highest BCUT2D eigenvalue weighted by molar-refractivity contribution is 7.22. The number of rotatable bonds is 7. The second-order valence-electron chi connectivity index (χ2n) is 8.56. The van der Waals surface area contributed by atoms with Gasteiger partial charge in [-0.2, -0.15) is 0 Å². The van der Waals surface area contributed by atoms with Crippen LogP contribution >= 0.6 is 11.3 Å². The quantitative estimate of drug-likeness (QED) is 0.132. The highest BCUT2D eigenvalue weighted by Gasteiger charge is 2.48. The summed E-state index contributed by atoms with van der Waals surface area (Å²) in [6.07, 6.45) is 1.81. The number of benzene rings is 3. The summed E-state index contributed by atoms with van der Waals surface area (Å²) in [4.78, 5) is 32.4. The number of carbonyl (C=O) groups excluding carboxylic acids is 2. The maximum absolute atomic E-state index is 13.8. The van der Waals surface area contributed by atoms with Crippen molar-refractivity contribution in [2.75, 3.05) is 11.5 Å². The molecule has 1 atom stereocenters. The van der Waals surface area contributed by atoms with E-state index in [0.717, 1.165) is 36.3 Å². The monoisotopic (exact) mass is 520 g/mol. The lowest BCUT2D eigenvalue weighted by Gasteiger charge is -2.23. The molecular formula is C28H22F2N2O4S. The molecular weight excluding hydrogens is 498 g/mol. The van der Waals surface area contributed by atoms with Crippen LogP contribution in [0, 0.1) is 11.6 Å². The molecule has 5 rings (SSSR count). The fourth-order valence-corrected chi connectivity index (χ4v) is 5.22. The van der Waals surface area contributed by atoms with E-state index in [1.807, 2.05) is 6.92 Å². The number of Topliss-reactive ketones (excluding diaryl/α,β-unsaturated/α-hetero) is 1. The molecule has 0 aliphatic carbocycles. The Morgan fingerprint density at radius 2 is 1.81 bits per heavy atom. The Kier molecular flexibility index (Phi) is 6.71. The maximum atomic E-state index is 13.8. The molecule has 1 aromatic heterocycles. The Morgan fingerprint density at radius 3 is 2.57 bits per heavy atom. The molecule has 188 valence electrons. The normalized spacial score (nSPS) is 17.1. The van der Waals surface area contributed by atoms with E-state index in [9.17, 15) is 23.5 Å². The molecule has 1 aliphatic rings. The minimum absolute atomic E-state index is 0.159. The van der Waals surface area contributed by atoms with Gasteiger partial charge >= 0.3 is 5.91 Å². The number of aliphatic hydroxyl groups is 1. The topological polar surface area (TPSA) is 79.7 Å². The van der Waals surface area contributed by atoms with E-state index >= 15 is 0 Å². The Labute approximate surface area is 215 Å². The average Bonchev–Trinajstić information content (AvgIpc) is 3.42. The molecule has 1 amide bonds. The van der Waals surface area contributed by atoms with E-state index < -0.39 is 35.1 Å². The number of aromatic nitrogens is 1. The fraction of sp³-hybridized carbons (Fsp3) is 0.179. The standard InChI is InChI=1S/C28H22F2N2O4S/c1-2-3-13-36-20-6-4-5-17(14-20)24-23(25(33)16-7-9-18(29)10-8-16)26(34)27(35)32(24)28-31-21-12-11-19(30)15-22(21)37-28/h4-12,14-15,24,33H,2-3,13H2,1H3/b25-23+. The van der Waals surface area contributed by atoms with Crippen molar-refractivity contribution >= 4 is 44.1 Å². The molecule has 0 bridgehead atoms. The van der Waals surface area contributed by atoms with Gasteiger partial charge in [0.1, 0.15) is 23.1 Å². The van der Waals surface area contributed by atoms with Crippen LogP contribution in [0.15, 0.2) is 72.3 Å². The Morgan fingerprint density at radius 1 is 1.05 bits per heavy atom. The van der Waals surface area contributed by atoms with Crippen LogP contribution in [-0.4, -0.2) is 28.4 Å². The zero-order valence-electron chi connectivity index (χ0n) is 19.8. The van der Waals surface area contributed by atoms with Crippen molar-refractivity contribution in [2.24, 2.45) is 0 Å². The van der Waals surface area contributed by atoms with Gasteiger partial charge < -0.3 is 9.84 Å². The van der Waals surface area contributed by atoms with Crippen molar-refractivity contribution < 1.29 is 28.2 Å². The van der Waals surface area contributed by atoms with Gasteiger partial charge in [0, 0.05) is 5.56 Å². The molecule has 6 nitrogen and oxygen atoms in total. The van der Waals surface area contributed by atoms with Crippen molar-refractivity contribution in [1.82, 2.24) is 4.98 Å². The van der Waals surface area contributed by atoms with Gasteiger partial charge in [0.05, 0.1) is 28.4 Å². The molecule has 1 saturated heterocycles. The molecule has 3 aromatic carbocycles. The van der Waals surface area contributed by atoms with Crippen LogP contribution in [0.2, 0.25) is 0 Å². The fourth-order valence-electron chi connectivity index (χ4n) is 4.21. The highest BCUT2D eigenvalue weighted by Crippen LogP contribution is 2.44. The number of ketones is 1. The van der Waals surface area contributed by atoms with Crippen LogP contribution in [0.25, 0.3) is 16.0 Å². The second-order valence-corrected chi connectivity index (χ2v) is 9.57. The number of halogens is 2. The molecule has 4 aromatic rings. The van der Waals surface area contributed by atoms with Gasteiger partial charge in [-0.15, -0.1) is 0 Å². The zero-order valence-corrected chi connectivity index (χ0v) is 20.6. The van der Waals surface area contributed by atoms with Crippen LogP contribution in [0.4, 0.5) is 13.9 Å². The lowest BCUT2D eigenvalue weighted by molar-refractivity contribution is -0.132. The Hall–Kier alpha value is -4.11. The number of hydrogen-bond donors (Lipinski definition) is 1. The maximum Gasteiger partial charge on any atom is 0.301 e. The van der Waals surface area contributed by atoms with Gasteiger partial charge in [0.2, 0.25) is 0 Å². The number of hydrogen-bond acceptors (Lipinski definition) is 6. The van der Waals surface area contributed by atoms with Gasteiger partial charge in [-0.05, 0) is 66.6 Å². The van der Waals surface area contributed by atoms with E-state index in [-0.39, 0.29) is 16.3 Å². The third-order valence-corrected chi connectivity index (χ3v) is 7.07. The molecule has 1 aliphatic heterocycles. The summed E-state index contributed by atoms with van der Waals surface area (Å²) < 4.78 is 33.7. The number of amides is 1. The number of ether oxygens (including phenoxy) is 1. The smallest absolute Gasteiger partial charge is 0.301 e. The summed E-state index contributed by atoms with van der Waals surface area (Å²) >= 11 is 1.06. The third kappa shape index (κ3) is 4.70. The van der Waals surface area contributed by atoms with E-state index in [0.29, 0.717) is 28.1 Å². The van der Waals surface area contributed by atoms with Crippen LogP contribution in [0.3, 0.4) is 0 Å². The molecule has 1 fully saturated rings. The summed E-state index contributed by atoms with van der Waals surface area (Å²) in [6.45, 7) is 2.55. The van der Waals surface area contributed by atoms with Crippen molar-refractivity contribution in [3.63, 3.8) is 0 Å². The molecule has 2 heterocycles. The number of aliphatic hydroxyl groups excluding tert-OH is 1. The first-order chi connectivity index (χ1) is 17.9. The summed E-state index contributed by atoms with van der Waals surface area (Å²) in [5, 5.41) is 11.4. The molecule has 0 saturated carbocycles. The van der Waals surface area contributed by atoms with Crippen LogP contribution in [0.5, 0.6) is 5.75 Å². The zero-order chi connectivity index (χ0) is 26.1. The highest BCUT2D eigenvalue weighted by atomic mass is 32.1. The molecule has 1 unspecified atom stereocenters. The number of anilines is 1.